The average Bonchev–Trinajstić information content (AvgIpc) is 4.17. The van der Waals surface area contributed by atoms with Crippen LogP contribution in [0.1, 0.15) is 106 Å². The largest absolute Gasteiger partial charge is 0.310 e. The molecule has 0 spiro atoms. The molecule has 344 valence electrons. The van der Waals surface area contributed by atoms with E-state index in [2.05, 4.69) is 205 Å². The van der Waals surface area contributed by atoms with Crippen LogP contribution in [0, 0.1) is 29.6 Å². The van der Waals surface area contributed by atoms with Crippen LogP contribution in [0.2, 0.25) is 0 Å². The maximum Gasteiger partial charge on any atom is 0.0588 e. The smallest absolute Gasteiger partial charge is 0.0588 e. The van der Waals surface area contributed by atoms with Gasteiger partial charge < -0.3 is 9.47 Å². The number of anilines is 3. The summed E-state index contributed by atoms with van der Waals surface area (Å²) in [5.41, 5.74) is 21.1. The quantitative estimate of drug-likeness (QED) is 0.147. The molecule has 2 heteroatoms. The molecule has 0 amide bonds. The molecule has 0 N–H and O–H groups in total. The van der Waals surface area contributed by atoms with Crippen molar-refractivity contribution in [2.24, 2.45) is 29.6 Å². The van der Waals surface area contributed by atoms with Crippen molar-refractivity contribution in [3.05, 3.63) is 204 Å². The number of rotatable bonds is 8. The van der Waals surface area contributed by atoms with E-state index in [1.165, 1.54) is 159 Å². The summed E-state index contributed by atoms with van der Waals surface area (Å²) >= 11 is 0. The monoisotopic (exact) mass is 906 g/mol. The second-order valence-corrected chi connectivity index (χ2v) is 23.5. The number of aromatic nitrogens is 1. The van der Waals surface area contributed by atoms with Gasteiger partial charge in [-0.2, -0.15) is 0 Å². The molecule has 3 unspecified atom stereocenters. The maximum absolute atomic E-state index is 2.62. The Morgan fingerprint density at radius 1 is 0.486 bits per heavy atom. The lowest BCUT2D eigenvalue weighted by Gasteiger charge is -2.57. The molecule has 6 saturated carbocycles. The average molecular weight is 907 g/mol. The number of fused-ring (bicyclic) bond motifs is 9. The van der Waals surface area contributed by atoms with E-state index in [-0.39, 0.29) is 5.41 Å². The molecule has 8 aromatic carbocycles. The summed E-state index contributed by atoms with van der Waals surface area (Å²) in [5.74, 6) is 5.24. The molecule has 7 aliphatic rings. The van der Waals surface area contributed by atoms with Gasteiger partial charge in [0.2, 0.25) is 0 Å². The van der Waals surface area contributed by atoms with Gasteiger partial charge in [0.25, 0.3) is 0 Å². The highest BCUT2D eigenvalue weighted by Gasteiger charge is 2.51. The highest BCUT2D eigenvalue weighted by Crippen LogP contribution is 2.62. The van der Waals surface area contributed by atoms with Crippen molar-refractivity contribution < 1.29 is 0 Å². The Hall–Kier alpha value is -6.64. The molecule has 0 aliphatic heterocycles. The second kappa shape index (κ2) is 15.4. The normalized spacial score (nSPS) is 25.5. The minimum Gasteiger partial charge on any atom is -0.310 e. The fourth-order valence-electron chi connectivity index (χ4n) is 16.5. The first kappa shape index (κ1) is 41.2. The number of para-hydroxylation sites is 1. The zero-order chi connectivity index (χ0) is 46.3. The van der Waals surface area contributed by atoms with Crippen molar-refractivity contribution in [2.45, 2.75) is 94.8 Å². The lowest BCUT2D eigenvalue weighted by molar-refractivity contribution is -0.00518. The molecule has 1 aromatic heterocycles. The summed E-state index contributed by atoms with van der Waals surface area (Å²) in [4.78, 5) is 2.62. The Kier molecular flexibility index (Phi) is 9.07. The summed E-state index contributed by atoms with van der Waals surface area (Å²) < 4.78 is 2.56. The summed E-state index contributed by atoms with van der Waals surface area (Å²) in [7, 11) is 0. The van der Waals surface area contributed by atoms with Crippen molar-refractivity contribution in [3.63, 3.8) is 0 Å². The highest BCUT2D eigenvalue weighted by molar-refractivity contribution is 6.14. The molecule has 6 bridgehead atoms. The number of hydrogen-bond donors (Lipinski definition) is 0. The van der Waals surface area contributed by atoms with Gasteiger partial charge in [0.15, 0.2) is 0 Å². The van der Waals surface area contributed by atoms with Crippen LogP contribution >= 0.6 is 0 Å². The number of hydrogen-bond acceptors (Lipinski definition) is 1. The Morgan fingerprint density at radius 3 is 1.77 bits per heavy atom. The van der Waals surface area contributed by atoms with Crippen LogP contribution in [0.15, 0.2) is 182 Å². The van der Waals surface area contributed by atoms with E-state index in [0.29, 0.717) is 11.3 Å². The maximum atomic E-state index is 2.62. The lowest BCUT2D eigenvalue weighted by atomic mass is 9.48. The van der Waals surface area contributed by atoms with Crippen molar-refractivity contribution >= 4 is 38.9 Å². The minimum atomic E-state index is -0.309. The zero-order valence-corrected chi connectivity index (χ0v) is 40.8. The van der Waals surface area contributed by atoms with E-state index < -0.39 is 0 Å². The van der Waals surface area contributed by atoms with Gasteiger partial charge in [-0.05, 0) is 209 Å². The third-order valence-electron chi connectivity index (χ3n) is 19.2. The molecule has 9 aromatic rings. The third-order valence-corrected chi connectivity index (χ3v) is 19.2. The van der Waals surface area contributed by atoms with E-state index >= 15 is 0 Å². The van der Waals surface area contributed by atoms with Gasteiger partial charge in [-0.15, -0.1) is 0 Å². The lowest BCUT2D eigenvalue weighted by Crippen LogP contribution is -2.48. The molecule has 16 rings (SSSR count). The molecule has 2 nitrogen and oxygen atoms in total. The van der Waals surface area contributed by atoms with E-state index in [4.69, 9.17) is 0 Å². The standard InChI is InChI=1S/C68H62N2/c1-67(2)62-39-64(69(54-25-20-49(21-26-54)58-36-43-18-19-51(58)35-43)55-27-23-52(24-28-55)68-40-44-32-45(41-68)34-46(33-44)42-68)59(48-14-8-4-9-15-48)38-60(62)56-29-30-57-61-37-50(47-12-6-3-7-13-47)22-31-63(61)70(66(57)65(56)67)53-16-10-5-11-17-53/h3-17,20-31,37-39,43-46,51,58H,18-19,32-36,40-42H2,1-2H3. The van der Waals surface area contributed by atoms with E-state index in [9.17, 15) is 0 Å². The molecule has 0 radical (unpaired) electrons. The first-order chi connectivity index (χ1) is 34.3. The van der Waals surface area contributed by atoms with Crippen LogP contribution < -0.4 is 4.90 Å². The van der Waals surface area contributed by atoms with Gasteiger partial charge in [0.1, 0.15) is 0 Å². The van der Waals surface area contributed by atoms with Crippen LogP contribution in [0.5, 0.6) is 0 Å². The fraction of sp³-hybridized carbons (Fsp3) is 0.294. The Balaban J connectivity index is 0.929. The second-order valence-electron chi connectivity index (χ2n) is 23.5. The molecule has 1 heterocycles. The summed E-state index contributed by atoms with van der Waals surface area (Å²) in [6.45, 7) is 4.97. The summed E-state index contributed by atoms with van der Waals surface area (Å²) in [5, 5.41) is 2.59. The van der Waals surface area contributed by atoms with Gasteiger partial charge in [-0.3, -0.25) is 0 Å². The van der Waals surface area contributed by atoms with Crippen LogP contribution in [0.25, 0.3) is 60.9 Å². The predicted molar refractivity (Wildman–Crippen MR) is 292 cm³/mol. The highest BCUT2D eigenvalue weighted by atomic mass is 15.1. The van der Waals surface area contributed by atoms with Crippen molar-refractivity contribution in [2.75, 3.05) is 4.90 Å². The van der Waals surface area contributed by atoms with Gasteiger partial charge in [0.05, 0.1) is 16.7 Å². The molecule has 3 atom stereocenters. The summed E-state index contributed by atoms with van der Waals surface area (Å²) in [6, 6.07) is 70.2. The number of nitrogens with zero attached hydrogens (tertiary/aromatic N) is 2. The Bertz CT molecular complexity index is 3450. The van der Waals surface area contributed by atoms with Gasteiger partial charge in [0, 0.05) is 38.8 Å². The predicted octanol–water partition coefficient (Wildman–Crippen LogP) is 18.3. The van der Waals surface area contributed by atoms with Crippen LogP contribution in [0.3, 0.4) is 0 Å². The van der Waals surface area contributed by atoms with Crippen LogP contribution in [0.4, 0.5) is 17.1 Å². The zero-order valence-electron chi connectivity index (χ0n) is 40.8. The van der Waals surface area contributed by atoms with E-state index in [1.807, 2.05) is 0 Å². The van der Waals surface area contributed by atoms with Crippen molar-refractivity contribution in [1.82, 2.24) is 4.57 Å². The van der Waals surface area contributed by atoms with E-state index in [1.54, 1.807) is 5.56 Å². The third kappa shape index (κ3) is 6.23. The molecule has 7 aliphatic carbocycles. The van der Waals surface area contributed by atoms with Gasteiger partial charge in [-0.1, -0.05) is 142 Å². The summed E-state index contributed by atoms with van der Waals surface area (Å²) in [6.07, 6.45) is 14.2. The molecular formula is C68H62N2. The van der Waals surface area contributed by atoms with Crippen LogP contribution in [-0.4, -0.2) is 4.57 Å². The Labute approximate surface area is 414 Å². The van der Waals surface area contributed by atoms with Gasteiger partial charge in [-0.25, -0.2) is 0 Å². The van der Waals surface area contributed by atoms with Crippen molar-refractivity contribution in [1.29, 1.82) is 0 Å². The SMILES string of the molecule is CC1(C)c2cc(N(c3ccc(C4CC5CCC4C5)cc3)c3ccc(C45CC6CC(CC(C6)C4)C5)cc3)c(-c3ccccc3)cc2-c2ccc3c4cc(-c5ccccc5)ccc4n(-c4ccccc4)c3c21. The first-order valence-electron chi connectivity index (χ1n) is 26.8. The topological polar surface area (TPSA) is 8.17 Å². The first-order valence-corrected chi connectivity index (χ1v) is 26.8. The van der Waals surface area contributed by atoms with E-state index in [0.717, 1.165) is 29.6 Å². The molecule has 70 heavy (non-hydrogen) atoms. The Morgan fingerprint density at radius 2 is 1.13 bits per heavy atom. The van der Waals surface area contributed by atoms with Gasteiger partial charge >= 0.3 is 0 Å². The van der Waals surface area contributed by atoms with Crippen LogP contribution in [-0.2, 0) is 10.8 Å². The fourth-order valence-corrected chi connectivity index (χ4v) is 16.5. The number of benzene rings is 8. The molecule has 0 saturated heterocycles. The van der Waals surface area contributed by atoms with Crippen molar-refractivity contribution in [3.8, 4) is 39.1 Å². The molecule has 6 fully saturated rings. The molecular weight excluding hydrogens is 845 g/mol. The minimum absolute atomic E-state index is 0.309.